The minimum Gasteiger partial charge on any atom is -0.493 e. The quantitative estimate of drug-likeness (QED) is 0.479. The molecule has 0 saturated carbocycles. The summed E-state index contributed by atoms with van der Waals surface area (Å²) in [6.45, 7) is 1.22. The van der Waals surface area contributed by atoms with Gasteiger partial charge in [-0.15, -0.1) is 0 Å². The third kappa shape index (κ3) is 5.75. The third-order valence-electron chi connectivity index (χ3n) is 5.08. The Morgan fingerprint density at radius 1 is 1.06 bits per heavy atom. The number of carbonyl (C=O) groups excluding carboxylic acids is 1. The molecule has 1 aliphatic heterocycles. The van der Waals surface area contributed by atoms with Gasteiger partial charge in [-0.25, -0.2) is 0 Å². The van der Waals surface area contributed by atoms with Gasteiger partial charge in [-0.3, -0.25) is 9.78 Å². The van der Waals surface area contributed by atoms with Crippen LogP contribution in [0.1, 0.15) is 15.9 Å². The van der Waals surface area contributed by atoms with Crippen LogP contribution < -0.4 is 14.8 Å². The molecule has 2 aromatic carbocycles. The molecule has 1 N–H and O–H groups in total. The second-order valence-corrected chi connectivity index (χ2v) is 8.14. The number of methoxy groups -OCH3 is 1. The highest BCUT2D eigenvalue weighted by atomic mass is 35.5. The van der Waals surface area contributed by atoms with E-state index in [1.807, 2.05) is 30.3 Å². The number of benzene rings is 2. The lowest BCUT2D eigenvalue weighted by molar-refractivity contribution is -0.0107. The number of ether oxygens (including phenoxy) is 4. The second kappa shape index (κ2) is 10.9. The predicted molar refractivity (Wildman–Crippen MR) is 125 cm³/mol. The van der Waals surface area contributed by atoms with E-state index < -0.39 is 5.91 Å². The average Bonchev–Trinajstić information content (AvgIpc) is 3.27. The van der Waals surface area contributed by atoms with Crippen LogP contribution in [0.5, 0.6) is 11.5 Å². The van der Waals surface area contributed by atoms with Crippen molar-refractivity contribution >= 4 is 34.8 Å². The zero-order valence-corrected chi connectivity index (χ0v) is 19.3. The molecule has 2 unspecified atom stereocenters. The van der Waals surface area contributed by atoms with Gasteiger partial charge in [0.25, 0.3) is 5.91 Å². The molecule has 2 heterocycles. The number of carbonyl (C=O) groups is 1. The van der Waals surface area contributed by atoms with Crippen molar-refractivity contribution in [2.45, 2.75) is 18.8 Å². The number of rotatable bonds is 8. The molecule has 33 heavy (non-hydrogen) atoms. The average molecular weight is 489 g/mol. The van der Waals surface area contributed by atoms with Crippen LogP contribution >= 0.6 is 23.2 Å². The van der Waals surface area contributed by atoms with Crippen molar-refractivity contribution in [3.05, 3.63) is 82.1 Å². The number of halogens is 2. The van der Waals surface area contributed by atoms with Gasteiger partial charge in [-0.2, -0.15) is 0 Å². The Morgan fingerprint density at radius 2 is 1.79 bits per heavy atom. The fraction of sp³-hybridized carbons (Fsp3) is 0.250. The Kier molecular flexibility index (Phi) is 7.67. The van der Waals surface area contributed by atoms with Gasteiger partial charge in [0.1, 0.15) is 6.10 Å². The molecular formula is C24H22Cl2N2O5. The first-order valence-electron chi connectivity index (χ1n) is 10.2. The molecule has 1 fully saturated rings. The normalized spacial score (nSPS) is 17.5. The van der Waals surface area contributed by atoms with Crippen molar-refractivity contribution in [1.82, 2.24) is 4.98 Å². The topological polar surface area (TPSA) is 78.9 Å². The summed E-state index contributed by atoms with van der Waals surface area (Å²) in [4.78, 5) is 16.7. The Balaban J connectivity index is 1.47. The third-order valence-corrected chi connectivity index (χ3v) is 5.66. The van der Waals surface area contributed by atoms with Crippen LogP contribution in [0.3, 0.4) is 0 Å². The van der Waals surface area contributed by atoms with E-state index in [0.29, 0.717) is 36.9 Å². The second-order valence-electron chi connectivity index (χ2n) is 7.33. The first-order valence-corrected chi connectivity index (χ1v) is 11.0. The minimum atomic E-state index is -0.406. The minimum absolute atomic E-state index is 0.238. The molecule has 4 rings (SSSR count). The van der Waals surface area contributed by atoms with Crippen molar-refractivity contribution in [3.63, 3.8) is 0 Å². The summed E-state index contributed by atoms with van der Waals surface area (Å²) in [5, 5.41) is 3.19. The molecule has 1 amide bonds. The van der Waals surface area contributed by atoms with Crippen molar-refractivity contribution in [1.29, 1.82) is 0 Å². The lowest BCUT2D eigenvalue weighted by atomic mass is 10.1. The van der Waals surface area contributed by atoms with Crippen molar-refractivity contribution < 1.29 is 23.7 Å². The summed E-state index contributed by atoms with van der Waals surface area (Å²) in [7, 11) is 1.53. The Hall–Kier alpha value is -2.84. The van der Waals surface area contributed by atoms with Gasteiger partial charge >= 0.3 is 0 Å². The number of aromatic nitrogens is 1. The molecule has 0 radical (unpaired) electrons. The van der Waals surface area contributed by atoms with E-state index in [1.165, 1.54) is 19.5 Å². The first-order chi connectivity index (χ1) is 16.0. The Morgan fingerprint density at radius 3 is 2.52 bits per heavy atom. The number of amides is 1. The number of pyridine rings is 1. The zero-order valence-electron chi connectivity index (χ0n) is 17.8. The maximum Gasteiger partial charge on any atom is 0.255 e. The predicted octanol–water partition coefficient (Wildman–Crippen LogP) is 5.01. The smallest absolute Gasteiger partial charge is 0.255 e. The fourth-order valence-corrected chi connectivity index (χ4v) is 3.81. The molecule has 2 atom stereocenters. The van der Waals surface area contributed by atoms with E-state index in [1.54, 1.807) is 18.2 Å². The molecular weight excluding hydrogens is 467 g/mol. The highest BCUT2D eigenvalue weighted by molar-refractivity contribution is 6.39. The molecule has 0 bridgehead atoms. The molecule has 0 spiro atoms. The summed E-state index contributed by atoms with van der Waals surface area (Å²) >= 11 is 12.2. The zero-order chi connectivity index (χ0) is 23.2. The first kappa shape index (κ1) is 23.3. The van der Waals surface area contributed by atoms with Gasteiger partial charge in [0.15, 0.2) is 17.6 Å². The van der Waals surface area contributed by atoms with Gasteiger partial charge in [-0.05, 0) is 23.8 Å². The number of hydrogen-bond donors (Lipinski definition) is 1. The SMILES string of the molecule is COc1ccc(C(=O)Nc2c(Cl)cncc2Cl)cc1OC1COCC1OCc1ccccc1. The lowest BCUT2D eigenvalue weighted by Gasteiger charge is -2.21. The number of hydrogen-bond acceptors (Lipinski definition) is 6. The highest BCUT2D eigenvalue weighted by Gasteiger charge is 2.32. The number of nitrogens with one attached hydrogen (secondary N) is 1. The van der Waals surface area contributed by atoms with E-state index in [4.69, 9.17) is 42.1 Å². The van der Waals surface area contributed by atoms with Gasteiger partial charge in [0, 0.05) is 18.0 Å². The van der Waals surface area contributed by atoms with Crippen LogP contribution in [0.25, 0.3) is 0 Å². The van der Waals surface area contributed by atoms with Gasteiger partial charge < -0.3 is 24.3 Å². The number of anilines is 1. The summed E-state index contributed by atoms with van der Waals surface area (Å²) < 4.78 is 23.2. The standard InChI is InChI=1S/C24H22Cl2N2O5/c1-30-19-8-7-16(24(29)28-23-17(25)10-27-11-18(23)26)9-20(19)33-22-14-31-13-21(22)32-12-15-5-3-2-4-6-15/h2-11,21-22H,12-14H2,1H3,(H,27,28,29). The summed E-state index contributed by atoms with van der Waals surface area (Å²) in [6.07, 6.45) is 2.19. The molecule has 1 saturated heterocycles. The van der Waals surface area contributed by atoms with E-state index >= 15 is 0 Å². The largest absolute Gasteiger partial charge is 0.493 e. The van der Waals surface area contributed by atoms with E-state index in [-0.39, 0.29) is 27.9 Å². The van der Waals surface area contributed by atoms with Gasteiger partial charge in [-0.1, -0.05) is 53.5 Å². The van der Waals surface area contributed by atoms with E-state index in [0.717, 1.165) is 5.56 Å². The van der Waals surface area contributed by atoms with Crippen LogP contribution in [0.15, 0.2) is 60.9 Å². The van der Waals surface area contributed by atoms with Crippen molar-refractivity contribution in [2.75, 3.05) is 25.6 Å². The molecule has 3 aromatic rings. The lowest BCUT2D eigenvalue weighted by Crippen LogP contribution is -2.32. The van der Waals surface area contributed by atoms with E-state index in [2.05, 4.69) is 10.3 Å². The molecule has 7 nitrogen and oxygen atoms in total. The van der Waals surface area contributed by atoms with Crippen LogP contribution in [0, 0.1) is 0 Å². The maximum atomic E-state index is 12.8. The number of nitrogens with zero attached hydrogens (tertiary/aromatic N) is 1. The van der Waals surface area contributed by atoms with Crippen LogP contribution in [-0.2, 0) is 16.1 Å². The van der Waals surface area contributed by atoms with Gasteiger partial charge in [0.2, 0.25) is 0 Å². The van der Waals surface area contributed by atoms with Crippen molar-refractivity contribution in [2.24, 2.45) is 0 Å². The summed E-state index contributed by atoms with van der Waals surface area (Å²) in [6, 6.07) is 14.8. The van der Waals surface area contributed by atoms with E-state index in [9.17, 15) is 4.79 Å². The van der Waals surface area contributed by atoms with Crippen LogP contribution in [0.4, 0.5) is 5.69 Å². The molecule has 172 valence electrons. The Bertz CT molecular complexity index is 1090. The maximum absolute atomic E-state index is 12.8. The summed E-state index contributed by atoms with van der Waals surface area (Å²) in [5.74, 6) is 0.484. The van der Waals surface area contributed by atoms with Gasteiger partial charge in [0.05, 0.1) is 42.7 Å². The molecule has 9 heteroatoms. The van der Waals surface area contributed by atoms with Crippen LogP contribution in [-0.4, -0.2) is 43.4 Å². The van der Waals surface area contributed by atoms with Crippen molar-refractivity contribution in [3.8, 4) is 11.5 Å². The highest BCUT2D eigenvalue weighted by Crippen LogP contribution is 2.33. The monoisotopic (exact) mass is 488 g/mol. The molecule has 1 aliphatic rings. The fourth-order valence-electron chi connectivity index (χ4n) is 3.35. The summed E-state index contributed by atoms with van der Waals surface area (Å²) in [5.41, 5.74) is 1.69. The molecule has 1 aromatic heterocycles. The Labute approximate surface area is 201 Å². The molecule has 0 aliphatic carbocycles. The van der Waals surface area contributed by atoms with Crippen LogP contribution in [0.2, 0.25) is 10.0 Å².